The highest BCUT2D eigenvalue weighted by molar-refractivity contribution is 7.99. The highest BCUT2D eigenvalue weighted by Crippen LogP contribution is 2.32. The van der Waals surface area contributed by atoms with Gasteiger partial charge in [-0.1, -0.05) is 23.9 Å². The third-order valence-corrected chi connectivity index (χ3v) is 3.94. The van der Waals surface area contributed by atoms with Crippen LogP contribution in [0.25, 0.3) is 0 Å². The third kappa shape index (κ3) is 3.55. The summed E-state index contributed by atoms with van der Waals surface area (Å²) in [5, 5.41) is 3.08. The normalized spacial score (nSPS) is 10.7. The Bertz CT molecular complexity index is 584. The van der Waals surface area contributed by atoms with E-state index in [-0.39, 0.29) is 0 Å². The summed E-state index contributed by atoms with van der Waals surface area (Å²) in [7, 11) is 1.89. The van der Waals surface area contributed by atoms with Crippen molar-refractivity contribution in [2.75, 3.05) is 7.05 Å². The molecule has 0 fully saturated rings. The van der Waals surface area contributed by atoms with Gasteiger partial charge in [-0.15, -0.1) is 0 Å². The van der Waals surface area contributed by atoms with Gasteiger partial charge in [0.1, 0.15) is 11.6 Å². The van der Waals surface area contributed by atoms with Gasteiger partial charge in [-0.3, -0.25) is 0 Å². The van der Waals surface area contributed by atoms with E-state index in [0.29, 0.717) is 4.90 Å². The van der Waals surface area contributed by atoms with Crippen LogP contribution < -0.4 is 5.32 Å². The first-order valence-corrected chi connectivity index (χ1v) is 6.79. The number of benzene rings is 2. The van der Waals surface area contributed by atoms with Gasteiger partial charge < -0.3 is 5.32 Å². The van der Waals surface area contributed by atoms with E-state index in [4.69, 9.17) is 0 Å². The summed E-state index contributed by atoms with van der Waals surface area (Å²) >= 11 is 1.25. The maximum absolute atomic E-state index is 13.6. The lowest BCUT2D eigenvalue weighted by molar-refractivity contribution is 0.577. The molecule has 0 aliphatic rings. The molecule has 1 N–H and O–H groups in total. The Balaban J connectivity index is 2.25. The van der Waals surface area contributed by atoms with Crippen LogP contribution >= 0.6 is 11.8 Å². The maximum Gasteiger partial charge on any atom is 0.137 e. The van der Waals surface area contributed by atoms with Crippen LogP contribution in [0, 0.1) is 18.6 Å². The molecule has 2 aromatic carbocycles. The van der Waals surface area contributed by atoms with Crippen LogP contribution in [0.5, 0.6) is 0 Å². The molecule has 0 aliphatic heterocycles. The van der Waals surface area contributed by atoms with Gasteiger partial charge in [0.25, 0.3) is 0 Å². The minimum Gasteiger partial charge on any atom is -0.316 e. The van der Waals surface area contributed by atoms with Crippen LogP contribution in [-0.4, -0.2) is 7.05 Å². The average Bonchev–Trinajstić information content (AvgIpc) is 2.37. The summed E-state index contributed by atoms with van der Waals surface area (Å²) in [6.07, 6.45) is 0. The fraction of sp³-hybridized carbons (Fsp3) is 0.200. The fourth-order valence-electron chi connectivity index (χ4n) is 1.81. The molecular weight excluding hydrogens is 264 g/mol. The lowest BCUT2D eigenvalue weighted by atomic mass is 10.1. The number of halogens is 2. The molecule has 0 radical (unpaired) electrons. The zero-order valence-electron chi connectivity index (χ0n) is 10.8. The molecule has 1 nitrogen and oxygen atoms in total. The predicted octanol–water partition coefficient (Wildman–Crippen LogP) is 4.14. The van der Waals surface area contributed by atoms with Crippen molar-refractivity contribution in [2.24, 2.45) is 0 Å². The molecule has 0 atom stereocenters. The van der Waals surface area contributed by atoms with Crippen molar-refractivity contribution >= 4 is 11.8 Å². The average molecular weight is 279 g/mol. The van der Waals surface area contributed by atoms with E-state index in [0.717, 1.165) is 29.1 Å². The highest BCUT2D eigenvalue weighted by atomic mass is 32.2. The molecule has 0 unspecified atom stereocenters. The quantitative estimate of drug-likeness (QED) is 0.902. The molecule has 0 aliphatic carbocycles. The Morgan fingerprint density at radius 2 is 1.84 bits per heavy atom. The third-order valence-electron chi connectivity index (χ3n) is 2.73. The fourth-order valence-corrected chi connectivity index (χ4v) is 2.74. The molecule has 0 amide bonds. The van der Waals surface area contributed by atoms with E-state index in [2.05, 4.69) is 11.4 Å². The smallest absolute Gasteiger partial charge is 0.137 e. The second-order valence-corrected chi connectivity index (χ2v) is 5.39. The van der Waals surface area contributed by atoms with Crippen molar-refractivity contribution < 1.29 is 8.78 Å². The zero-order chi connectivity index (χ0) is 13.8. The number of hydrogen-bond acceptors (Lipinski definition) is 2. The van der Waals surface area contributed by atoms with Gasteiger partial charge in [-0.05, 0) is 49.4 Å². The Labute approximate surface area is 116 Å². The summed E-state index contributed by atoms with van der Waals surface area (Å²) < 4.78 is 26.7. The SMILES string of the molecule is CNCc1ccc(Sc2cc(F)ccc2F)c(C)c1. The lowest BCUT2D eigenvalue weighted by Gasteiger charge is -2.09. The minimum atomic E-state index is -0.423. The van der Waals surface area contributed by atoms with E-state index >= 15 is 0 Å². The predicted molar refractivity (Wildman–Crippen MR) is 74.4 cm³/mol. The van der Waals surface area contributed by atoms with Crippen LogP contribution in [-0.2, 0) is 6.54 Å². The van der Waals surface area contributed by atoms with Crippen LogP contribution in [0.4, 0.5) is 8.78 Å². The molecule has 4 heteroatoms. The highest BCUT2D eigenvalue weighted by Gasteiger charge is 2.08. The van der Waals surface area contributed by atoms with E-state index in [1.54, 1.807) is 0 Å². The summed E-state index contributed by atoms with van der Waals surface area (Å²) in [5.74, 6) is -0.821. The zero-order valence-corrected chi connectivity index (χ0v) is 11.7. The molecular formula is C15H15F2NS. The van der Waals surface area contributed by atoms with Crippen LogP contribution in [0.2, 0.25) is 0 Å². The summed E-state index contributed by atoms with van der Waals surface area (Å²) in [6.45, 7) is 2.76. The Hall–Kier alpha value is -1.39. The Morgan fingerprint density at radius 3 is 2.53 bits per heavy atom. The van der Waals surface area contributed by atoms with Gasteiger partial charge in [0.05, 0.1) is 4.90 Å². The molecule has 2 rings (SSSR count). The lowest BCUT2D eigenvalue weighted by Crippen LogP contribution is -2.05. The van der Waals surface area contributed by atoms with Crippen molar-refractivity contribution in [3.63, 3.8) is 0 Å². The van der Waals surface area contributed by atoms with Crippen LogP contribution in [0.1, 0.15) is 11.1 Å². The number of aryl methyl sites for hydroxylation is 1. The molecule has 19 heavy (non-hydrogen) atoms. The summed E-state index contributed by atoms with van der Waals surface area (Å²) in [6, 6.07) is 9.49. The van der Waals surface area contributed by atoms with E-state index in [1.165, 1.54) is 23.4 Å². The van der Waals surface area contributed by atoms with Gasteiger partial charge in [-0.2, -0.15) is 0 Å². The van der Waals surface area contributed by atoms with Gasteiger partial charge in [0.15, 0.2) is 0 Å². The summed E-state index contributed by atoms with van der Waals surface area (Å²) in [4.78, 5) is 1.24. The monoisotopic (exact) mass is 279 g/mol. The van der Waals surface area contributed by atoms with E-state index in [1.807, 2.05) is 26.1 Å². The van der Waals surface area contributed by atoms with Crippen molar-refractivity contribution in [1.82, 2.24) is 5.32 Å². The molecule has 0 spiro atoms. The van der Waals surface area contributed by atoms with Crippen LogP contribution in [0.3, 0.4) is 0 Å². The molecule has 100 valence electrons. The molecule has 0 aromatic heterocycles. The molecule has 0 bridgehead atoms. The van der Waals surface area contributed by atoms with Gasteiger partial charge >= 0.3 is 0 Å². The molecule has 0 saturated heterocycles. The Morgan fingerprint density at radius 1 is 1.05 bits per heavy atom. The second kappa shape index (κ2) is 6.17. The van der Waals surface area contributed by atoms with E-state index in [9.17, 15) is 8.78 Å². The molecule has 0 heterocycles. The number of rotatable bonds is 4. The van der Waals surface area contributed by atoms with Crippen LogP contribution in [0.15, 0.2) is 46.2 Å². The van der Waals surface area contributed by atoms with Gasteiger partial charge in [0, 0.05) is 11.4 Å². The Kier molecular flexibility index (Phi) is 4.56. The van der Waals surface area contributed by atoms with Crippen molar-refractivity contribution in [3.05, 3.63) is 59.2 Å². The molecule has 0 saturated carbocycles. The van der Waals surface area contributed by atoms with Gasteiger partial charge in [-0.25, -0.2) is 8.78 Å². The van der Waals surface area contributed by atoms with Crippen molar-refractivity contribution in [2.45, 2.75) is 23.3 Å². The largest absolute Gasteiger partial charge is 0.316 e. The molecule has 2 aromatic rings. The minimum absolute atomic E-state index is 0.310. The van der Waals surface area contributed by atoms with Crippen molar-refractivity contribution in [1.29, 1.82) is 0 Å². The van der Waals surface area contributed by atoms with Crippen molar-refractivity contribution in [3.8, 4) is 0 Å². The maximum atomic E-state index is 13.6. The standard InChI is InChI=1S/C15H15F2NS/c1-10-7-11(9-18-2)3-6-14(10)19-15-8-12(16)4-5-13(15)17/h3-8,18H,9H2,1-2H3. The summed E-state index contributed by atoms with van der Waals surface area (Å²) in [5.41, 5.74) is 2.23. The van der Waals surface area contributed by atoms with E-state index < -0.39 is 11.6 Å². The topological polar surface area (TPSA) is 12.0 Å². The second-order valence-electron chi connectivity index (χ2n) is 4.31. The number of nitrogens with one attached hydrogen (secondary N) is 1. The first-order chi connectivity index (χ1) is 9.10. The first-order valence-electron chi connectivity index (χ1n) is 5.97. The van der Waals surface area contributed by atoms with Gasteiger partial charge in [0.2, 0.25) is 0 Å². The first kappa shape index (κ1) is 14.0. The number of hydrogen-bond donors (Lipinski definition) is 1.